The van der Waals surface area contributed by atoms with Crippen molar-refractivity contribution >= 4 is 33.3 Å². The smallest absolute Gasteiger partial charge is 0.268 e. The molecule has 2 saturated heterocycles. The molecule has 0 atom stereocenters. The van der Waals surface area contributed by atoms with Crippen molar-refractivity contribution in [3.05, 3.63) is 47.1 Å². The van der Waals surface area contributed by atoms with Crippen LogP contribution in [-0.2, 0) is 19.5 Å². The van der Waals surface area contributed by atoms with E-state index in [0.29, 0.717) is 50.0 Å². The van der Waals surface area contributed by atoms with E-state index in [-0.39, 0.29) is 16.2 Å². The van der Waals surface area contributed by atoms with Crippen LogP contribution in [0.25, 0.3) is 0 Å². The summed E-state index contributed by atoms with van der Waals surface area (Å²) >= 11 is 5.89. The highest BCUT2D eigenvalue weighted by Crippen LogP contribution is 2.32. The van der Waals surface area contributed by atoms with Gasteiger partial charge < -0.3 is 19.1 Å². The molecule has 2 aliphatic rings. The van der Waals surface area contributed by atoms with Crippen LogP contribution in [-0.4, -0.2) is 58.5 Å². The van der Waals surface area contributed by atoms with Crippen LogP contribution in [0.1, 0.15) is 29.6 Å². The lowest BCUT2D eigenvalue weighted by Crippen LogP contribution is -2.50. The number of carbonyl (C=O) groups excluding carboxylic acids is 1. The first-order valence-corrected chi connectivity index (χ1v) is 12.1. The van der Waals surface area contributed by atoms with Gasteiger partial charge in [-0.3, -0.25) is 4.79 Å². The number of ether oxygens (including phenoxy) is 3. The Bertz CT molecular complexity index is 1080. The summed E-state index contributed by atoms with van der Waals surface area (Å²) in [5, 5.41) is 0.367. The van der Waals surface area contributed by atoms with Gasteiger partial charge in [-0.2, -0.15) is 0 Å². The van der Waals surface area contributed by atoms with Gasteiger partial charge in [0.25, 0.3) is 15.9 Å². The van der Waals surface area contributed by atoms with Crippen molar-refractivity contribution in [2.75, 3.05) is 38.3 Å². The van der Waals surface area contributed by atoms with E-state index in [1.807, 2.05) is 4.72 Å². The van der Waals surface area contributed by atoms with E-state index in [9.17, 15) is 13.2 Å². The fourth-order valence-electron chi connectivity index (χ4n) is 3.79. The Hall–Kier alpha value is -2.40. The number of aromatic nitrogens is 1. The molecule has 2 fully saturated rings. The molecule has 0 saturated carbocycles. The summed E-state index contributed by atoms with van der Waals surface area (Å²) in [5.41, 5.74) is 0.0550. The molecule has 0 radical (unpaired) electrons. The zero-order valence-electron chi connectivity index (χ0n) is 17.5. The summed E-state index contributed by atoms with van der Waals surface area (Å²) in [6.45, 7) is 2.79. The molecule has 4 rings (SSSR count). The number of nitrogens with one attached hydrogen (secondary N) is 1. The van der Waals surface area contributed by atoms with Crippen molar-refractivity contribution in [3.8, 4) is 5.75 Å². The number of hydrogen-bond donors (Lipinski definition) is 1. The lowest BCUT2D eigenvalue weighted by Gasteiger charge is -2.43. The molecule has 1 amide bonds. The van der Waals surface area contributed by atoms with Crippen LogP contribution in [0.5, 0.6) is 5.75 Å². The number of halogens is 1. The van der Waals surface area contributed by atoms with Crippen LogP contribution in [0.2, 0.25) is 5.02 Å². The number of anilines is 1. The molecule has 2 aromatic rings. The lowest BCUT2D eigenvalue weighted by molar-refractivity contribution is -0.275. The van der Waals surface area contributed by atoms with E-state index in [4.69, 9.17) is 25.8 Å². The van der Waals surface area contributed by atoms with Gasteiger partial charge in [0.05, 0.1) is 25.9 Å². The normalized spacial score (nSPS) is 18.4. The Morgan fingerprint density at radius 1 is 1.19 bits per heavy atom. The predicted octanol–water partition coefficient (Wildman–Crippen LogP) is 2.60. The van der Waals surface area contributed by atoms with Crippen LogP contribution < -0.4 is 14.4 Å². The maximum atomic E-state index is 12.7. The zero-order chi connectivity index (χ0) is 22.8. The second-order valence-electron chi connectivity index (χ2n) is 7.58. The summed E-state index contributed by atoms with van der Waals surface area (Å²) in [6, 6.07) is 7.37. The van der Waals surface area contributed by atoms with E-state index in [0.717, 1.165) is 6.42 Å². The minimum absolute atomic E-state index is 0.0550. The predicted molar refractivity (Wildman–Crippen MR) is 118 cm³/mol. The van der Waals surface area contributed by atoms with Gasteiger partial charge in [-0.25, -0.2) is 18.1 Å². The van der Waals surface area contributed by atoms with Crippen molar-refractivity contribution < 1.29 is 27.4 Å². The first-order chi connectivity index (χ1) is 15.3. The highest BCUT2D eigenvalue weighted by Gasteiger charge is 2.38. The number of hydrogen-bond acceptors (Lipinski definition) is 8. The standard InChI is InChI=1S/C21H24ClN3O6S/c1-29-18-13-15(22)3-5-17(18)20(26)24-32(27,28)16-4-6-19(23-14-16)25-9-7-21(8-10-25)30-11-2-12-31-21/h3-6,13-14H,2,7-12H2,1H3,(H,24,26). The molecule has 11 heteroatoms. The molecule has 1 aromatic heterocycles. The van der Waals surface area contributed by atoms with Crippen molar-refractivity contribution in [3.63, 3.8) is 0 Å². The number of nitrogens with zero attached hydrogens (tertiary/aromatic N) is 2. The number of pyridine rings is 1. The first kappa shape index (κ1) is 22.8. The van der Waals surface area contributed by atoms with Gasteiger partial charge >= 0.3 is 0 Å². The molecule has 0 bridgehead atoms. The van der Waals surface area contributed by atoms with Crippen LogP contribution in [0.15, 0.2) is 41.4 Å². The zero-order valence-corrected chi connectivity index (χ0v) is 19.1. The van der Waals surface area contributed by atoms with Gasteiger partial charge in [0.1, 0.15) is 16.5 Å². The molecular weight excluding hydrogens is 458 g/mol. The van der Waals surface area contributed by atoms with Gasteiger partial charge in [0.2, 0.25) is 0 Å². The number of sulfonamides is 1. The number of amides is 1. The summed E-state index contributed by atoms with van der Waals surface area (Å²) in [6.07, 6.45) is 3.58. The molecule has 1 N–H and O–H groups in total. The van der Waals surface area contributed by atoms with E-state index in [1.165, 1.54) is 37.6 Å². The SMILES string of the molecule is COc1cc(Cl)ccc1C(=O)NS(=O)(=O)c1ccc(N2CCC3(CC2)OCCCO3)nc1. The van der Waals surface area contributed by atoms with Crippen molar-refractivity contribution in [2.24, 2.45) is 0 Å². The van der Waals surface area contributed by atoms with Gasteiger partial charge in [-0.15, -0.1) is 0 Å². The van der Waals surface area contributed by atoms with Gasteiger partial charge in [0.15, 0.2) is 5.79 Å². The monoisotopic (exact) mass is 481 g/mol. The van der Waals surface area contributed by atoms with Crippen molar-refractivity contribution in [2.45, 2.75) is 29.9 Å². The van der Waals surface area contributed by atoms with Crippen molar-refractivity contribution in [1.82, 2.24) is 9.71 Å². The van der Waals surface area contributed by atoms with E-state index in [2.05, 4.69) is 9.88 Å². The number of rotatable bonds is 5. The summed E-state index contributed by atoms with van der Waals surface area (Å²) in [5.74, 6) is -0.505. The third kappa shape index (κ3) is 4.83. The molecule has 32 heavy (non-hydrogen) atoms. The minimum Gasteiger partial charge on any atom is -0.496 e. The Kier molecular flexibility index (Phi) is 6.57. The lowest BCUT2D eigenvalue weighted by atomic mass is 10.0. The molecule has 3 heterocycles. The Morgan fingerprint density at radius 3 is 2.53 bits per heavy atom. The third-order valence-corrected chi connectivity index (χ3v) is 7.09. The van der Waals surface area contributed by atoms with Gasteiger partial charge in [-0.1, -0.05) is 11.6 Å². The topological polar surface area (TPSA) is 107 Å². The molecule has 0 aliphatic carbocycles. The molecule has 172 valence electrons. The maximum absolute atomic E-state index is 12.7. The van der Waals surface area contributed by atoms with Crippen LogP contribution in [0, 0.1) is 0 Å². The van der Waals surface area contributed by atoms with Gasteiger partial charge in [-0.05, 0) is 36.8 Å². The number of benzene rings is 1. The Labute approximate surface area is 191 Å². The Balaban J connectivity index is 1.42. The van der Waals surface area contributed by atoms with E-state index < -0.39 is 21.7 Å². The molecule has 9 nitrogen and oxygen atoms in total. The number of carbonyl (C=O) groups is 1. The largest absolute Gasteiger partial charge is 0.496 e. The summed E-state index contributed by atoms with van der Waals surface area (Å²) in [7, 11) is -2.75. The fraction of sp³-hybridized carbons (Fsp3) is 0.429. The Morgan fingerprint density at radius 2 is 1.91 bits per heavy atom. The van der Waals surface area contributed by atoms with Crippen molar-refractivity contribution in [1.29, 1.82) is 0 Å². The van der Waals surface area contributed by atoms with E-state index in [1.54, 1.807) is 6.07 Å². The highest BCUT2D eigenvalue weighted by molar-refractivity contribution is 7.90. The third-order valence-electron chi connectivity index (χ3n) is 5.53. The number of methoxy groups -OCH3 is 1. The summed E-state index contributed by atoms with van der Waals surface area (Å²) in [4.78, 5) is 18.8. The molecule has 1 spiro atoms. The average Bonchev–Trinajstić information content (AvgIpc) is 2.80. The maximum Gasteiger partial charge on any atom is 0.268 e. The molecule has 1 aromatic carbocycles. The molecule has 0 unspecified atom stereocenters. The average molecular weight is 482 g/mol. The van der Waals surface area contributed by atoms with Crippen LogP contribution in [0.4, 0.5) is 5.82 Å². The molecular formula is C21H24ClN3O6S. The second-order valence-corrected chi connectivity index (χ2v) is 9.70. The highest BCUT2D eigenvalue weighted by atomic mass is 35.5. The fourth-order valence-corrected chi connectivity index (χ4v) is 4.86. The van der Waals surface area contributed by atoms with Crippen LogP contribution >= 0.6 is 11.6 Å². The van der Waals surface area contributed by atoms with E-state index >= 15 is 0 Å². The molecule has 2 aliphatic heterocycles. The first-order valence-electron chi connectivity index (χ1n) is 10.2. The minimum atomic E-state index is -4.12. The quantitative estimate of drug-likeness (QED) is 0.694. The number of piperidine rings is 1. The van der Waals surface area contributed by atoms with Crippen LogP contribution in [0.3, 0.4) is 0 Å². The summed E-state index contributed by atoms with van der Waals surface area (Å²) < 4.78 is 44.2. The second kappa shape index (κ2) is 9.22. The van der Waals surface area contributed by atoms with Gasteiger partial charge in [0, 0.05) is 37.2 Å².